The molecule has 1 saturated carbocycles. The molecular weight excluding hydrogens is 232 g/mol. The van der Waals surface area contributed by atoms with Gasteiger partial charge in [-0.05, 0) is 37.0 Å². The monoisotopic (exact) mass is 256 g/mol. The number of carbonyl (C=O) groups is 2. The number of carbonyl (C=O) groups excluding carboxylic acids is 1. The van der Waals surface area contributed by atoms with E-state index in [4.69, 9.17) is 9.84 Å². The number of hydrogen-bond acceptors (Lipinski definition) is 3. The van der Waals surface area contributed by atoms with Crippen molar-refractivity contribution in [1.82, 2.24) is 0 Å². The Balaban J connectivity index is 2.11. The van der Waals surface area contributed by atoms with Crippen LogP contribution >= 0.6 is 0 Å². The lowest BCUT2D eigenvalue weighted by atomic mass is 9.71. The summed E-state index contributed by atoms with van der Waals surface area (Å²) in [6.45, 7) is 4.97. The van der Waals surface area contributed by atoms with Gasteiger partial charge in [-0.1, -0.05) is 26.7 Å². The molecule has 1 rings (SSSR count). The van der Waals surface area contributed by atoms with Gasteiger partial charge in [0.25, 0.3) is 0 Å². The van der Waals surface area contributed by atoms with Crippen molar-refractivity contribution in [2.75, 3.05) is 6.61 Å². The topological polar surface area (TPSA) is 63.6 Å². The Morgan fingerprint density at radius 1 is 1.39 bits per heavy atom. The summed E-state index contributed by atoms with van der Waals surface area (Å²) in [5.74, 6) is -1.03. The fraction of sp³-hybridized carbons (Fsp3) is 0.857. The summed E-state index contributed by atoms with van der Waals surface area (Å²) in [7, 11) is 0. The Morgan fingerprint density at radius 3 is 2.72 bits per heavy atom. The fourth-order valence-corrected chi connectivity index (χ4v) is 2.83. The van der Waals surface area contributed by atoms with Gasteiger partial charge in [-0.15, -0.1) is 0 Å². The van der Waals surface area contributed by atoms with E-state index in [9.17, 15) is 9.59 Å². The van der Waals surface area contributed by atoms with Gasteiger partial charge >= 0.3 is 11.9 Å². The molecule has 0 spiro atoms. The highest BCUT2D eigenvalue weighted by Crippen LogP contribution is 2.40. The van der Waals surface area contributed by atoms with Crippen LogP contribution in [0.15, 0.2) is 0 Å². The van der Waals surface area contributed by atoms with Crippen molar-refractivity contribution in [3.05, 3.63) is 0 Å². The second-order valence-corrected chi connectivity index (χ2v) is 6.06. The van der Waals surface area contributed by atoms with E-state index in [0.717, 1.165) is 18.8 Å². The largest absolute Gasteiger partial charge is 0.481 e. The van der Waals surface area contributed by atoms with Gasteiger partial charge in [0, 0.05) is 0 Å². The molecule has 1 fully saturated rings. The second-order valence-electron chi connectivity index (χ2n) is 6.06. The molecule has 18 heavy (non-hydrogen) atoms. The average molecular weight is 256 g/mol. The molecule has 0 radical (unpaired) electrons. The number of ether oxygens (including phenoxy) is 1. The summed E-state index contributed by atoms with van der Waals surface area (Å²) in [5, 5.41) is 8.40. The van der Waals surface area contributed by atoms with Gasteiger partial charge in [0.1, 0.15) is 6.42 Å². The van der Waals surface area contributed by atoms with Gasteiger partial charge in [0.05, 0.1) is 6.61 Å². The summed E-state index contributed by atoms with van der Waals surface area (Å²) < 4.78 is 4.88. The summed E-state index contributed by atoms with van der Waals surface area (Å²) in [6, 6.07) is 0. The van der Waals surface area contributed by atoms with Gasteiger partial charge in [-0.2, -0.15) is 0 Å². The number of esters is 1. The molecule has 4 heteroatoms. The zero-order valence-electron chi connectivity index (χ0n) is 11.4. The first-order valence-electron chi connectivity index (χ1n) is 6.76. The number of aliphatic carboxylic acids is 1. The van der Waals surface area contributed by atoms with E-state index >= 15 is 0 Å². The zero-order chi connectivity index (χ0) is 13.6. The Morgan fingerprint density at radius 2 is 2.11 bits per heavy atom. The number of carboxylic acids is 1. The first-order valence-corrected chi connectivity index (χ1v) is 6.76. The van der Waals surface area contributed by atoms with Crippen LogP contribution in [0, 0.1) is 11.3 Å². The minimum Gasteiger partial charge on any atom is -0.481 e. The van der Waals surface area contributed by atoms with Crippen LogP contribution in [0.5, 0.6) is 0 Å². The van der Waals surface area contributed by atoms with Gasteiger partial charge in [0.15, 0.2) is 0 Å². The molecule has 1 aliphatic carbocycles. The lowest BCUT2D eigenvalue weighted by molar-refractivity contribution is -0.151. The van der Waals surface area contributed by atoms with Crippen LogP contribution in [-0.2, 0) is 14.3 Å². The van der Waals surface area contributed by atoms with Gasteiger partial charge in [-0.25, -0.2) is 0 Å². The van der Waals surface area contributed by atoms with E-state index in [1.54, 1.807) is 0 Å². The predicted octanol–water partition coefficient (Wildman–Crippen LogP) is 3.00. The highest BCUT2D eigenvalue weighted by atomic mass is 16.5. The number of carboxylic acid groups (broad SMARTS) is 1. The first kappa shape index (κ1) is 15.0. The summed E-state index contributed by atoms with van der Waals surface area (Å²) in [5.41, 5.74) is 0.447. The van der Waals surface area contributed by atoms with Crippen LogP contribution in [0.1, 0.15) is 58.8 Å². The van der Waals surface area contributed by atoms with Crippen molar-refractivity contribution >= 4 is 11.9 Å². The highest BCUT2D eigenvalue weighted by molar-refractivity contribution is 5.90. The van der Waals surface area contributed by atoms with Crippen LogP contribution < -0.4 is 0 Å². The quantitative estimate of drug-likeness (QED) is 0.451. The SMILES string of the molecule is CC1(C)CCCC(CCCOC(=O)CC(=O)O)C1. The van der Waals surface area contributed by atoms with Crippen molar-refractivity contribution in [3.63, 3.8) is 0 Å². The maximum Gasteiger partial charge on any atom is 0.317 e. The van der Waals surface area contributed by atoms with E-state index in [-0.39, 0.29) is 0 Å². The lowest BCUT2D eigenvalue weighted by Gasteiger charge is -2.35. The Kier molecular flexibility index (Phi) is 5.63. The molecule has 0 aliphatic heterocycles. The normalized spacial score (nSPS) is 22.4. The van der Waals surface area contributed by atoms with Crippen molar-refractivity contribution in [3.8, 4) is 0 Å². The van der Waals surface area contributed by atoms with Gasteiger partial charge in [-0.3, -0.25) is 9.59 Å². The van der Waals surface area contributed by atoms with E-state index in [2.05, 4.69) is 13.8 Å². The van der Waals surface area contributed by atoms with Crippen LogP contribution in [0.4, 0.5) is 0 Å². The molecule has 0 aromatic heterocycles. The minimum atomic E-state index is -1.13. The molecule has 1 N–H and O–H groups in total. The molecule has 0 amide bonds. The predicted molar refractivity (Wildman–Crippen MR) is 68.2 cm³/mol. The van der Waals surface area contributed by atoms with Gasteiger partial charge < -0.3 is 9.84 Å². The molecule has 4 nitrogen and oxygen atoms in total. The summed E-state index contributed by atoms with van der Waals surface area (Å²) >= 11 is 0. The highest BCUT2D eigenvalue weighted by Gasteiger charge is 2.27. The Hall–Kier alpha value is -1.06. The standard InChI is InChI=1S/C14H24O4/c1-14(2)7-3-5-11(10-14)6-4-8-18-13(17)9-12(15)16/h11H,3-10H2,1-2H3,(H,15,16). The summed E-state index contributed by atoms with van der Waals surface area (Å²) in [4.78, 5) is 21.3. The fourth-order valence-electron chi connectivity index (χ4n) is 2.83. The van der Waals surface area contributed by atoms with Crippen molar-refractivity contribution in [2.45, 2.75) is 58.8 Å². The van der Waals surface area contributed by atoms with Crippen LogP contribution in [-0.4, -0.2) is 23.7 Å². The molecular formula is C14H24O4. The first-order chi connectivity index (χ1) is 8.39. The molecule has 1 unspecified atom stereocenters. The van der Waals surface area contributed by atoms with Crippen LogP contribution in [0.25, 0.3) is 0 Å². The molecule has 0 aromatic rings. The zero-order valence-corrected chi connectivity index (χ0v) is 11.4. The molecule has 0 heterocycles. The van der Waals surface area contributed by atoms with E-state index < -0.39 is 18.4 Å². The second kappa shape index (κ2) is 6.76. The number of rotatable bonds is 6. The molecule has 0 aromatic carbocycles. The van der Waals surface area contributed by atoms with E-state index in [0.29, 0.717) is 12.0 Å². The lowest BCUT2D eigenvalue weighted by Crippen LogP contribution is -2.23. The maximum absolute atomic E-state index is 11.0. The average Bonchev–Trinajstić information content (AvgIpc) is 2.22. The van der Waals surface area contributed by atoms with E-state index in [1.165, 1.54) is 25.7 Å². The van der Waals surface area contributed by atoms with Crippen molar-refractivity contribution in [2.24, 2.45) is 11.3 Å². The van der Waals surface area contributed by atoms with Crippen LogP contribution in [0.3, 0.4) is 0 Å². The molecule has 0 saturated heterocycles. The third-order valence-electron chi connectivity index (χ3n) is 3.62. The van der Waals surface area contributed by atoms with Crippen molar-refractivity contribution in [1.29, 1.82) is 0 Å². The van der Waals surface area contributed by atoms with E-state index in [1.807, 2.05) is 0 Å². The van der Waals surface area contributed by atoms with Crippen LogP contribution in [0.2, 0.25) is 0 Å². The summed E-state index contributed by atoms with van der Waals surface area (Å²) in [6.07, 6.45) is 6.49. The molecule has 1 aliphatic rings. The minimum absolute atomic E-state index is 0.350. The third-order valence-corrected chi connectivity index (χ3v) is 3.62. The van der Waals surface area contributed by atoms with Gasteiger partial charge in [0.2, 0.25) is 0 Å². The molecule has 104 valence electrons. The Bertz CT molecular complexity index is 296. The smallest absolute Gasteiger partial charge is 0.317 e. The molecule has 0 bridgehead atoms. The molecule has 1 atom stereocenters. The number of hydrogen-bond donors (Lipinski definition) is 1. The maximum atomic E-state index is 11.0. The Labute approximate surface area is 109 Å². The third kappa shape index (κ3) is 6.03. The van der Waals surface area contributed by atoms with Crippen molar-refractivity contribution < 1.29 is 19.4 Å².